The Morgan fingerprint density at radius 2 is 1.97 bits per heavy atom. The molecule has 1 amide bonds. The zero-order valence-electron chi connectivity index (χ0n) is 16.9. The van der Waals surface area contributed by atoms with E-state index in [4.69, 9.17) is 13.6 Å². The number of hydrogen-bond donors (Lipinski definition) is 1. The normalized spacial score (nSPS) is 19.3. The first-order valence-electron chi connectivity index (χ1n) is 9.81. The number of nitrogen functional groups attached to an aromatic ring is 1. The summed E-state index contributed by atoms with van der Waals surface area (Å²) in [6.45, 7) is -2.16. The number of amides is 1. The molecule has 10 heteroatoms. The maximum atomic E-state index is 15.9. The monoisotopic (exact) mass is 430 g/mol. The van der Waals surface area contributed by atoms with Crippen molar-refractivity contribution >= 4 is 38.1 Å². The van der Waals surface area contributed by atoms with E-state index in [0.717, 1.165) is 11.0 Å². The van der Waals surface area contributed by atoms with Crippen LogP contribution in [0.3, 0.4) is 0 Å². The summed E-state index contributed by atoms with van der Waals surface area (Å²) in [7, 11) is 7.93. The predicted molar refractivity (Wildman–Crippen MR) is 118 cm³/mol. The minimum absolute atomic E-state index is 0.00649. The van der Waals surface area contributed by atoms with Gasteiger partial charge in [-0.05, 0) is 46.9 Å². The van der Waals surface area contributed by atoms with Crippen molar-refractivity contribution < 1.29 is 17.9 Å². The van der Waals surface area contributed by atoms with E-state index < -0.39 is 29.9 Å². The highest BCUT2D eigenvalue weighted by atomic mass is 19.1. The molecular formula is C22H15B2F3N4O. The van der Waals surface area contributed by atoms with Crippen LogP contribution in [0.5, 0.6) is 0 Å². The van der Waals surface area contributed by atoms with Crippen molar-refractivity contribution in [2.45, 2.75) is 11.9 Å². The Balaban J connectivity index is 1.68. The summed E-state index contributed by atoms with van der Waals surface area (Å²) in [4.78, 5) is 21.9. The number of halogens is 3. The molecule has 1 atom stereocenters. The van der Waals surface area contributed by atoms with Crippen LogP contribution in [0, 0.1) is 11.6 Å². The zero-order valence-corrected chi connectivity index (χ0v) is 16.9. The van der Waals surface area contributed by atoms with Gasteiger partial charge in [0.15, 0.2) is 0 Å². The van der Waals surface area contributed by atoms with Gasteiger partial charge in [0.25, 0.3) is 5.91 Å². The van der Waals surface area contributed by atoms with E-state index in [-0.39, 0.29) is 40.1 Å². The van der Waals surface area contributed by atoms with Crippen LogP contribution in [0.15, 0.2) is 47.6 Å². The van der Waals surface area contributed by atoms with Gasteiger partial charge in [-0.3, -0.25) is 14.8 Å². The number of aromatic nitrogens is 1. The van der Waals surface area contributed by atoms with Gasteiger partial charge in [-0.2, -0.15) is 0 Å². The first-order chi connectivity index (χ1) is 15.3. The van der Waals surface area contributed by atoms with Gasteiger partial charge in [0.05, 0.1) is 22.3 Å². The van der Waals surface area contributed by atoms with E-state index in [1.54, 1.807) is 12.1 Å². The highest BCUT2D eigenvalue weighted by Crippen LogP contribution is 2.42. The van der Waals surface area contributed by atoms with Gasteiger partial charge in [0.1, 0.15) is 19.5 Å². The second-order valence-corrected chi connectivity index (χ2v) is 7.85. The fraction of sp³-hybridized carbons (Fsp3) is 0.136. The molecule has 156 valence electrons. The van der Waals surface area contributed by atoms with Gasteiger partial charge < -0.3 is 14.9 Å². The maximum absolute atomic E-state index is 15.9. The van der Waals surface area contributed by atoms with E-state index in [1.165, 1.54) is 37.7 Å². The van der Waals surface area contributed by atoms with Crippen molar-refractivity contribution in [1.82, 2.24) is 9.88 Å². The van der Waals surface area contributed by atoms with Gasteiger partial charge in [0.2, 0.25) is 0 Å². The molecule has 0 fully saturated rings. The maximum Gasteiger partial charge on any atom is 0.404 e. The number of carbonyl (C=O) groups excluding carboxylic acids is 1. The van der Waals surface area contributed by atoms with Crippen molar-refractivity contribution in [3.63, 3.8) is 0 Å². The standard InChI is InChI=1S/C22H15B2F3N4O/c1-29-9-13-5-11(8-18(26)19(13)28)12-6-16-15(17(25)7-12)10-31-21(32)14-3-2-4-30-20(14)22(31,23)24(16)27/h2-9H,10,28H2,1H3. The summed E-state index contributed by atoms with van der Waals surface area (Å²) in [5.41, 5.74) is 6.84. The fourth-order valence-electron chi connectivity index (χ4n) is 4.46. The number of nitrogens with two attached hydrogens (primary N) is 1. The molecular weight excluding hydrogens is 415 g/mol. The number of rotatable bonds is 2. The first kappa shape index (κ1) is 20.4. The molecule has 2 N–H and O–H groups in total. The minimum Gasteiger partial charge on any atom is -0.396 e. The smallest absolute Gasteiger partial charge is 0.396 e. The third kappa shape index (κ3) is 2.65. The highest BCUT2D eigenvalue weighted by Gasteiger charge is 2.58. The molecule has 5 rings (SSSR count). The van der Waals surface area contributed by atoms with Gasteiger partial charge in [0, 0.05) is 37.1 Å². The molecule has 0 saturated heterocycles. The molecule has 3 aromatic rings. The number of nitrogens with zero attached hydrogens (tertiary/aromatic N) is 3. The summed E-state index contributed by atoms with van der Waals surface area (Å²) in [5, 5.41) is -1.86. The molecule has 1 unspecified atom stereocenters. The third-order valence-electron chi connectivity index (χ3n) is 6.08. The van der Waals surface area contributed by atoms with Gasteiger partial charge >= 0.3 is 6.99 Å². The number of hydrogen-bond acceptors (Lipinski definition) is 4. The topological polar surface area (TPSA) is 71.6 Å². The largest absolute Gasteiger partial charge is 0.404 e. The molecule has 2 aromatic carbocycles. The Labute approximate surface area is 183 Å². The van der Waals surface area contributed by atoms with Gasteiger partial charge in [-0.15, -0.1) is 0 Å². The van der Waals surface area contributed by atoms with Crippen LogP contribution in [0.2, 0.25) is 0 Å². The second-order valence-electron chi connectivity index (χ2n) is 7.85. The molecule has 0 aliphatic carbocycles. The van der Waals surface area contributed by atoms with Gasteiger partial charge in [-0.25, -0.2) is 8.78 Å². The number of benzene rings is 2. The fourth-order valence-corrected chi connectivity index (χ4v) is 4.46. The first-order valence-corrected chi connectivity index (χ1v) is 9.81. The van der Waals surface area contributed by atoms with Crippen LogP contribution in [-0.2, 0) is 11.9 Å². The lowest BCUT2D eigenvalue weighted by Crippen LogP contribution is -2.63. The predicted octanol–water partition coefficient (Wildman–Crippen LogP) is 2.36. The molecule has 2 aliphatic heterocycles. The molecule has 0 saturated carbocycles. The van der Waals surface area contributed by atoms with E-state index in [9.17, 15) is 9.18 Å². The van der Waals surface area contributed by atoms with E-state index in [2.05, 4.69) is 9.98 Å². The van der Waals surface area contributed by atoms with E-state index in [0.29, 0.717) is 11.1 Å². The molecule has 2 aliphatic rings. The average molecular weight is 430 g/mol. The summed E-state index contributed by atoms with van der Waals surface area (Å²) >= 11 is 0. The van der Waals surface area contributed by atoms with E-state index in [1.807, 2.05) is 0 Å². The molecule has 32 heavy (non-hydrogen) atoms. The van der Waals surface area contributed by atoms with Crippen molar-refractivity contribution in [1.29, 1.82) is 0 Å². The average Bonchev–Trinajstić information content (AvgIpc) is 3.00. The van der Waals surface area contributed by atoms with Crippen molar-refractivity contribution in [2.24, 2.45) is 4.99 Å². The molecule has 2 radical (unpaired) electrons. The number of fused-ring (bicyclic) bond motifs is 4. The summed E-state index contributed by atoms with van der Waals surface area (Å²) in [6, 6.07) is 8.38. The Morgan fingerprint density at radius 3 is 2.72 bits per heavy atom. The molecule has 5 nitrogen and oxygen atoms in total. The van der Waals surface area contributed by atoms with Crippen molar-refractivity contribution in [3.05, 3.63) is 76.6 Å². The van der Waals surface area contributed by atoms with Crippen LogP contribution in [0.1, 0.15) is 27.2 Å². The Kier molecular flexibility index (Phi) is 4.44. The van der Waals surface area contributed by atoms with E-state index >= 15 is 8.71 Å². The Hall–Kier alpha value is -3.55. The summed E-state index contributed by atoms with van der Waals surface area (Å²) in [6.07, 6.45) is 2.81. The quantitative estimate of drug-likeness (QED) is 0.386. The number of aliphatic imine (C=N–C) groups is 1. The molecule has 3 heterocycles. The lowest BCUT2D eigenvalue weighted by molar-refractivity contribution is 0.0715. The summed E-state index contributed by atoms with van der Waals surface area (Å²) < 4.78 is 45.5. The molecule has 1 aromatic heterocycles. The minimum atomic E-state index is -1.95. The summed E-state index contributed by atoms with van der Waals surface area (Å²) in [5.74, 6) is -1.92. The Morgan fingerprint density at radius 1 is 1.25 bits per heavy atom. The molecule has 0 bridgehead atoms. The van der Waals surface area contributed by atoms with Crippen molar-refractivity contribution in [2.75, 3.05) is 12.8 Å². The lowest BCUT2D eigenvalue weighted by atomic mass is 9.37. The van der Waals surface area contributed by atoms with Crippen LogP contribution in [-0.4, -0.2) is 43.9 Å². The van der Waals surface area contributed by atoms with Crippen LogP contribution in [0.25, 0.3) is 11.1 Å². The Bertz CT molecular complexity index is 1330. The van der Waals surface area contributed by atoms with Crippen LogP contribution < -0.4 is 11.2 Å². The number of carbonyl (C=O) groups is 1. The number of anilines is 1. The zero-order chi connectivity index (χ0) is 22.8. The SMILES string of the molecule is [B]C12B(F)c3cc(-c4cc(F)c(N)c(C=NC)c4)cc(F)c3CN1C(=O)c1cccnc12. The van der Waals surface area contributed by atoms with Crippen molar-refractivity contribution in [3.8, 4) is 11.1 Å². The third-order valence-corrected chi connectivity index (χ3v) is 6.08. The second kappa shape index (κ2) is 6.98. The molecule has 0 spiro atoms. The van der Waals surface area contributed by atoms with Crippen LogP contribution in [0.4, 0.5) is 18.8 Å². The highest BCUT2D eigenvalue weighted by molar-refractivity contribution is 6.77. The lowest BCUT2D eigenvalue weighted by Gasteiger charge is -2.42. The van der Waals surface area contributed by atoms with Crippen LogP contribution >= 0.6 is 0 Å². The number of pyridine rings is 1. The van der Waals surface area contributed by atoms with Gasteiger partial charge in [-0.1, -0.05) is 6.07 Å².